The Morgan fingerprint density at radius 3 is 2.38 bits per heavy atom. The number of benzene rings is 1. The van der Waals surface area contributed by atoms with Gasteiger partial charge < -0.3 is 15.4 Å². The molecule has 3 unspecified atom stereocenters. The molecule has 5 rings (SSSR count). The summed E-state index contributed by atoms with van der Waals surface area (Å²) >= 11 is 6.58. The van der Waals surface area contributed by atoms with Crippen molar-refractivity contribution >= 4 is 85.6 Å². The summed E-state index contributed by atoms with van der Waals surface area (Å²) in [4.78, 5) is 39.4. The smallest absolute Gasteiger partial charge is 0.325 e. The van der Waals surface area contributed by atoms with Crippen molar-refractivity contribution in [3.8, 4) is 0 Å². The zero-order valence-electron chi connectivity index (χ0n) is 31.2. The van der Waals surface area contributed by atoms with Gasteiger partial charge in [-0.2, -0.15) is 0 Å². The number of nitrogens with one attached hydrogen (secondary N) is 2. The summed E-state index contributed by atoms with van der Waals surface area (Å²) in [6.07, 6.45) is 15.9. The minimum atomic E-state index is -0.766. The normalized spacial score (nSPS) is 31.6. The summed E-state index contributed by atoms with van der Waals surface area (Å²) in [6.45, 7) is 16.0. The number of rotatable bonds is 12. The first-order valence-corrected chi connectivity index (χ1v) is 22.4. The summed E-state index contributed by atoms with van der Waals surface area (Å²) < 4.78 is 8.79. The van der Waals surface area contributed by atoms with E-state index in [1.54, 1.807) is 0 Å². The molecule has 3 saturated carbocycles. The molecule has 278 valence electrons. The first-order valence-electron chi connectivity index (χ1n) is 19.2. The highest BCUT2D eigenvalue weighted by Gasteiger charge is 2.59. The van der Waals surface area contributed by atoms with Gasteiger partial charge in [-0.15, -0.1) is 0 Å². The van der Waals surface area contributed by atoms with Crippen molar-refractivity contribution in [2.75, 3.05) is 6.54 Å². The molecule has 6 nitrogen and oxygen atoms in total. The van der Waals surface area contributed by atoms with Gasteiger partial charge in [0.25, 0.3) is 5.91 Å². The Morgan fingerprint density at radius 1 is 0.940 bits per heavy atom. The molecule has 2 N–H and O–H groups in total. The molecule has 0 saturated heterocycles. The van der Waals surface area contributed by atoms with E-state index in [9.17, 15) is 14.4 Å². The molecule has 0 spiro atoms. The number of carbonyl (C=O) groups is 3. The number of amides is 2. The Kier molecular flexibility index (Phi) is 13.8. The van der Waals surface area contributed by atoms with E-state index in [2.05, 4.69) is 119 Å². The lowest BCUT2D eigenvalue weighted by Crippen LogP contribution is -2.51. The van der Waals surface area contributed by atoms with Crippen molar-refractivity contribution in [2.45, 2.75) is 131 Å². The van der Waals surface area contributed by atoms with Gasteiger partial charge in [-0.3, -0.25) is 14.4 Å². The minimum Gasteiger partial charge on any atom is -0.461 e. The standard InChI is InChI=1S/C41H59I3N2O4/c1-23(2)9-8-10-25(5)31-13-14-32-29-12-11-26-19-28(15-17-40(26,6)33(29)16-18-41(31,32)7)50-35(47)22-45-39(49)37(24(3)4)46-38(48)30-20-27(42)21-34(43)36(30)44/h11,20-21,23-25,28-29,31-33,37H,8-10,12-19,22H2,1-7H3,(H,45,49)(H,46,48)/t25-,28+,29?,31-,32?,33?,37-,40+,41-/m1/s1. The maximum Gasteiger partial charge on any atom is 0.325 e. The highest BCUT2D eigenvalue weighted by Crippen LogP contribution is 2.67. The Labute approximate surface area is 342 Å². The average Bonchev–Trinajstić information content (AvgIpc) is 3.41. The molecule has 1 aromatic carbocycles. The summed E-state index contributed by atoms with van der Waals surface area (Å²) in [7, 11) is 0. The average molecular weight is 1020 g/mol. The maximum absolute atomic E-state index is 13.2. The van der Waals surface area contributed by atoms with Gasteiger partial charge in [0.2, 0.25) is 5.91 Å². The lowest BCUT2D eigenvalue weighted by atomic mass is 9.47. The van der Waals surface area contributed by atoms with Crippen LogP contribution in [0.3, 0.4) is 0 Å². The molecule has 9 heteroatoms. The Hall–Kier alpha value is -0.440. The van der Waals surface area contributed by atoms with Gasteiger partial charge >= 0.3 is 5.97 Å². The van der Waals surface area contributed by atoms with Crippen LogP contribution < -0.4 is 10.6 Å². The van der Waals surface area contributed by atoms with E-state index in [1.165, 1.54) is 56.9 Å². The molecule has 3 fully saturated rings. The number of ether oxygens (including phenoxy) is 1. The quantitative estimate of drug-likeness (QED) is 0.0946. The van der Waals surface area contributed by atoms with E-state index in [-0.39, 0.29) is 35.8 Å². The first kappa shape index (κ1) is 40.7. The summed E-state index contributed by atoms with van der Waals surface area (Å²) in [5, 5.41) is 5.66. The van der Waals surface area contributed by atoms with Crippen LogP contribution in [0.15, 0.2) is 23.8 Å². The van der Waals surface area contributed by atoms with Crippen molar-refractivity contribution in [3.05, 3.63) is 40.1 Å². The number of esters is 1. The van der Waals surface area contributed by atoms with Gasteiger partial charge in [-0.05, 0) is 177 Å². The largest absolute Gasteiger partial charge is 0.461 e. The number of hydrogen-bond donors (Lipinski definition) is 2. The van der Waals surface area contributed by atoms with Crippen LogP contribution in [0.25, 0.3) is 0 Å². The molecule has 0 radical (unpaired) electrons. The van der Waals surface area contributed by atoms with Crippen molar-refractivity contribution in [1.29, 1.82) is 0 Å². The number of fused-ring (bicyclic) bond motifs is 5. The second-order valence-corrected chi connectivity index (χ2v) is 20.8. The SMILES string of the molecule is CC(C)CCC[C@@H](C)[C@H]1CCC2C3CC=C4C[C@@H](OC(=O)CNC(=O)[C@H](NC(=O)c5cc(I)cc(I)c5I)C(C)C)CC[C@]4(C)C3CC[C@@]21C. The second-order valence-electron chi connectivity index (χ2n) is 17.3. The minimum absolute atomic E-state index is 0.154. The van der Waals surface area contributed by atoms with E-state index in [0.717, 1.165) is 65.5 Å². The van der Waals surface area contributed by atoms with Crippen LogP contribution >= 0.6 is 67.8 Å². The topological polar surface area (TPSA) is 84.5 Å². The van der Waals surface area contributed by atoms with E-state index in [4.69, 9.17) is 4.74 Å². The Morgan fingerprint density at radius 2 is 1.68 bits per heavy atom. The monoisotopic (exact) mass is 1020 g/mol. The lowest BCUT2D eigenvalue weighted by Gasteiger charge is -2.58. The van der Waals surface area contributed by atoms with E-state index < -0.39 is 12.0 Å². The molecule has 9 atom stereocenters. The van der Waals surface area contributed by atoms with Crippen LogP contribution in [-0.2, 0) is 14.3 Å². The summed E-state index contributed by atoms with van der Waals surface area (Å²) in [5.41, 5.74) is 2.71. The zero-order valence-corrected chi connectivity index (χ0v) is 37.7. The third kappa shape index (κ3) is 8.75. The molecule has 2 amide bonds. The van der Waals surface area contributed by atoms with Gasteiger partial charge in [0.1, 0.15) is 18.7 Å². The fraction of sp³-hybridized carbons (Fsp3) is 0.732. The maximum atomic E-state index is 13.2. The Balaban J connectivity index is 1.14. The van der Waals surface area contributed by atoms with E-state index in [0.29, 0.717) is 11.0 Å². The van der Waals surface area contributed by atoms with Gasteiger partial charge in [0, 0.05) is 17.1 Å². The first-order chi connectivity index (χ1) is 23.5. The number of allylic oxidation sites excluding steroid dienone is 1. The molecule has 50 heavy (non-hydrogen) atoms. The van der Waals surface area contributed by atoms with Crippen molar-refractivity contribution in [3.63, 3.8) is 0 Å². The number of hydrogen-bond acceptors (Lipinski definition) is 4. The van der Waals surface area contributed by atoms with Crippen molar-refractivity contribution < 1.29 is 19.1 Å². The zero-order chi connectivity index (χ0) is 36.5. The molecule has 1 aromatic rings. The molecule has 4 aliphatic carbocycles. The van der Waals surface area contributed by atoms with Crippen LogP contribution in [-0.4, -0.2) is 36.5 Å². The third-order valence-electron chi connectivity index (χ3n) is 13.4. The number of halogens is 3. The predicted octanol–water partition coefficient (Wildman–Crippen LogP) is 10.3. The second kappa shape index (κ2) is 16.9. The molecule has 0 heterocycles. The molecular weight excluding hydrogens is 965 g/mol. The third-order valence-corrected chi connectivity index (χ3v) is 17.1. The predicted molar refractivity (Wildman–Crippen MR) is 227 cm³/mol. The van der Waals surface area contributed by atoms with Gasteiger partial charge in [0.15, 0.2) is 0 Å². The number of carbonyl (C=O) groups excluding carboxylic acids is 3. The van der Waals surface area contributed by atoms with Gasteiger partial charge in [-0.1, -0.05) is 79.4 Å². The molecular formula is C41H59I3N2O4. The molecule has 4 aliphatic rings. The Bertz CT molecular complexity index is 1460. The molecule has 0 aromatic heterocycles. The van der Waals surface area contributed by atoms with Gasteiger partial charge in [-0.25, -0.2) is 0 Å². The summed E-state index contributed by atoms with van der Waals surface area (Å²) in [6, 6.07) is 3.08. The molecule has 0 bridgehead atoms. The van der Waals surface area contributed by atoms with Crippen molar-refractivity contribution in [2.24, 2.45) is 52.3 Å². The van der Waals surface area contributed by atoms with Gasteiger partial charge in [0.05, 0.1) is 5.56 Å². The fourth-order valence-electron chi connectivity index (χ4n) is 10.7. The lowest BCUT2D eigenvalue weighted by molar-refractivity contribution is -0.151. The van der Waals surface area contributed by atoms with Crippen LogP contribution in [0, 0.1) is 63.0 Å². The summed E-state index contributed by atoms with van der Waals surface area (Å²) in [5.74, 6) is 3.58. The van der Waals surface area contributed by atoms with Crippen molar-refractivity contribution in [1.82, 2.24) is 10.6 Å². The van der Waals surface area contributed by atoms with E-state index >= 15 is 0 Å². The van der Waals surface area contributed by atoms with E-state index in [1.807, 2.05) is 26.0 Å². The highest BCUT2D eigenvalue weighted by molar-refractivity contribution is 14.1. The van der Waals surface area contributed by atoms with Crippen LogP contribution in [0.4, 0.5) is 0 Å². The van der Waals surface area contributed by atoms with Crippen LogP contribution in [0.2, 0.25) is 0 Å². The van der Waals surface area contributed by atoms with Crippen LogP contribution in [0.5, 0.6) is 0 Å². The highest BCUT2D eigenvalue weighted by atomic mass is 127. The van der Waals surface area contributed by atoms with Crippen LogP contribution in [0.1, 0.15) is 129 Å². The fourth-order valence-corrected chi connectivity index (χ4v) is 13.1. The molecule has 0 aliphatic heterocycles.